The predicted molar refractivity (Wildman–Crippen MR) is 103 cm³/mol. The van der Waals surface area contributed by atoms with Gasteiger partial charge >= 0.3 is 17.9 Å². The highest BCUT2D eigenvalue weighted by Gasteiger charge is 2.31. The van der Waals surface area contributed by atoms with Crippen molar-refractivity contribution in [1.82, 2.24) is 9.97 Å². The maximum absolute atomic E-state index is 10.8. The molecule has 15 heteroatoms. The molecule has 7 N–H and O–H groups in total. The molecule has 15 nitrogen and oxygen atoms in total. The van der Waals surface area contributed by atoms with E-state index in [1.807, 2.05) is 0 Å². The Balaban J connectivity index is 2.84. The number of carbonyl (C=O) groups is 3. The number of hydrogen-bond donors (Lipinski definition) is 7. The minimum Gasteiger partial charge on any atom is -0.480 e. The van der Waals surface area contributed by atoms with Gasteiger partial charge in [0, 0.05) is 12.6 Å². The normalized spacial score (nSPS) is 15.9. The van der Waals surface area contributed by atoms with Gasteiger partial charge in [0.2, 0.25) is 0 Å². The molecule has 0 aliphatic heterocycles. The SMILES string of the molecule is O=C(O)COC[C@H](O)[C@@H](OCC(=O)O)C(O)c1cnc(C[C@H](O)[C@H](CO)OCC(=O)O)cn1. The molecule has 5 atom stereocenters. The maximum atomic E-state index is 10.8. The van der Waals surface area contributed by atoms with E-state index >= 15 is 0 Å². The van der Waals surface area contributed by atoms with E-state index in [9.17, 15) is 34.8 Å². The quantitative estimate of drug-likeness (QED) is 0.116. The highest BCUT2D eigenvalue weighted by atomic mass is 16.5. The molecular weight excluding hydrogens is 452 g/mol. The third-order valence-electron chi connectivity index (χ3n) is 4.08. The number of carboxylic acid groups (broad SMARTS) is 3. The average molecular weight is 478 g/mol. The van der Waals surface area contributed by atoms with Crippen LogP contribution in [-0.2, 0) is 35.0 Å². The number of aliphatic carboxylic acids is 3. The second kappa shape index (κ2) is 14.4. The Morgan fingerprint density at radius 1 is 0.848 bits per heavy atom. The number of rotatable bonds is 17. The number of ether oxygens (including phenoxy) is 3. The molecule has 1 unspecified atom stereocenters. The third kappa shape index (κ3) is 10.6. The minimum absolute atomic E-state index is 0.137. The summed E-state index contributed by atoms with van der Waals surface area (Å²) >= 11 is 0. The number of hydrogen-bond acceptors (Lipinski definition) is 12. The molecule has 0 saturated carbocycles. The van der Waals surface area contributed by atoms with Crippen molar-refractivity contribution < 1.29 is 64.3 Å². The van der Waals surface area contributed by atoms with Crippen LogP contribution in [0.3, 0.4) is 0 Å². The Bertz CT molecular complexity index is 760. The lowest BCUT2D eigenvalue weighted by Crippen LogP contribution is -2.40. The zero-order valence-corrected chi connectivity index (χ0v) is 17.3. The first-order valence-electron chi connectivity index (χ1n) is 9.47. The highest BCUT2D eigenvalue weighted by molar-refractivity contribution is 5.68. The van der Waals surface area contributed by atoms with E-state index < -0.39 is 81.5 Å². The number of nitrogens with zero attached hydrogens (tertiary/aromatic N) is 2. The predicted octanol–water partition coefficient (Wildman–Crippen LogP) is -3.19. The van der Waals surface area contributed by atoms with Crippen LogP contribution in [0, 0.1) is 0 Å². The van der Waals surface area contributed by atoms with Gasteiger partial charge in [0.05, 0.1) is 36.9 Å². The summed E-state index contributed by atoms with van der Waals surface area (Å²) in [6.07, 6.45) is -5.32. The van der Waals surface area contributed by atoms with Gasteiger partial charge in [-0.2, -0.15) is 0 Å². The van der Waals surface area contributed by atoms with Crippen molar-refractivity contribution in [2.45, 2.75) is 36.9 Å². The fraction of sp³-hybridized carbons (Fsp3) is 0.611. The summed E-state index contributed by atoms with van der Waals surface area (Å²) < 4.78 is 14.6. The van der Waals surface area contributed by atoms with Crippen molar-refractivity contribution >= 4 is 17.9 Å². The fourth-order valence-corrected chi connectivity index (χ4v) is 2.54. The number of carboxylic acids is 3. The zero-order valence-electron chi connectivity index (χ0n) is 17.3. The Kier molecular flexibility index (Phi) is 12.3. The largest absolute Gasteiger partial charge is 0.480 e. The van der Waals surface area contributed by atoms with Crippen LogP contribution in [0.4, 0.5) is 0 Å². The van der Waals surface area contributed by atoms with Crippen molar-refractivity contribution in [3.05, 3.63) is 23.8 Å². The standard InChI is InChI=1S/C18H26N2O13/c21-4-13(32-7-15(26)27)11(22)1-9-2-20-10(3-19-9)17(30)18(33-8-16(28)29)12(23)5-31-6-14(24)25/h2-3,11-13,17-18,21-23,30H,1,4-8H2,(H,24,25)(H,26,27)(H,28,29)/t11-,12-,13-,17?,18+/m0/s1. The summed E-state index contributed by atoms with van der Waals surface area (Å²) in [5, 5.41) is 65.9. The molecule has 0 bridgehead atoms. The van der Waals surface area contributed by atoms with E-state index in [1.165, 1.54) is 0 Å². The third-order valence-corrected chi connectivity index (χ3v) is 4.08. The van der Waals surface area contributed by atoms with Gasteiger partial charge in [0.15, 0.2) is 0 Å². The second-order valence-corrected chi connectivity index (χ2v) is 6.72. The molecule has 1 aromatic heterocycles. The Hall–Kier alpha value is -2.79. The monoisotopic (exact) mass is 478 g/mol. The lowest BCUT2D eigenvalue weighted by Gasteiger charge is -2.26. The molecule has 0 spiro atoms. The van der Waals surface area contributed by atoms with Crippen LogP contribution < -0.4 is 0 Å². The molecule has 0 saturated heterocycles. The Morgan fingerprint density at radius 3 is 1.97 bits per heavy atom. The van der Waals surface area contributed by atoms with Gasteiger partial charge in [-0.05, 0) is 0 Å². The summed E-state index contributed by atoms with van der Waals surface area (Å²) in [4.78, 5) is 39.8. The van der Waals surface area contributed by atoms with Crippen LogP contribution >= 0.6 is 0 Å². The first-order valence-corrected chi connectivity index (χ1v) is 9.47. The summed E-state index contributed by atoms with van der Waals surface area (Å²) in [5.74, 6) is -3.97. The minimum atomic E-state index is -1.68. The lowest BCUT2D eigenvalue weighted by atomic mass is 10.1. The van der Waals surface area contributed by atoms with Crippen molar-refractivity contribution in [2.75, 3.05) is 33.0 Å². The molecule has 186 valence electrons. The molecule has 0 radical (unpaired) electrons. The topological polar surface area (TPSA) is 246 Å². The van der Waals surface area contributed by atoms with E-state index in [2.05, 4.69) is 9.97 Å². The maximum Gasteiger partial charge on any atom is 0.329 e. The summed E-state index contributed by atoms with van der Waals surface area (Å²) in [6, 6.07) is 0. The number of aromatic nitrogens is 2. The molecule has 1 heterocycles. The van der Waals surface area contributed by atoms with Crippen LogP contribution in [0.25, 0.3) is 0 Å². The molecule has 0 amide bonds. The van der Waals surface area contributed by atoms with Crippen molar-refractivity contribution in [3.63, 3.8) is 0 Å². The van der Waals surface area contributed by atoms with Gasteiger partial charge in [-0.1, -0.05) is 0 Å². The van der Waals surface area contributed by atoms with Crippen LogP contribution in [0.15, 0.2) is 12.4 Å². The summed E-state index contributed by atoms with van der Waals surface area (Å²) in [5.41, 5.74) is 0.0471. The van der Waals surface area contributed by atoms with E-state index in [0.717, 1.165) is 12.4 Å². The van der Waals surface area contributed by atoms with Crippen LogP contribution in [-0.4, -0.2) is 121 Å². The Morgan fingerprint density at radius 2 is 1.45 bits per heavy atom. The number of aliphatic hydroxyl groups excluding tert-OH is 4. The summed E-state index contributed by atoms with van der Waals surface area (Å²) in [7, 11) is 0. The second-order valence-electron chi connectivity index (χ2n) is 6.72. The van der Waals surface area contributed by atoms with Gasteiger partial charge < -0.3 is 50.0 Å². The highest BCUT2D eigenvalue weighted by Crippen LogP contribution is 2.20. The molecule has 0 fully saturated rings. The number of aliphatic hydroxyl groups is 4. The molecule has 0 aliphatic carbocycles. The zero-order chi connectivity index (χ0) is 25.0. The van der Waals surface area contributed by atoms with Crippen LogP contribution in [0.1, 0.15) is 17.5 Å². The fourth-order valence-electron chi connectivity index (χ4n) is 2.54. The smallest absolute Gasteiger partial charge is 0.329 e. The van der Waals surface area contributed by atoms with Gasteiger partial charge in [-0.15, -0.1) is 0 Å². The molecular formula is C18H26N2O13. The van der Waals surface area contributed by atoms with E-state index in [1.54, 1.807) is 0 Å². The molecule has 0 aromatic carbocycles. The molecule has 0 aliphatic rings. The van der Waals surface area contributed by atoms with Gasteiger partial charge in [0.1, 0.15) is 44.2 Å². The van der Waals surface area contributed by atoms with E-state index in [0.29, 0.717) is 0 Å². The van der Waals surface area contributed by atoms with Gasteiger partial charge in [-0.3, -0.25) is 9.97 Å². The lowest BCUT2D eigenvalue weighted by molar-refractivity contribution is -0.159. The average Bonchev–Trinajstić information content (AvgIpc) is 2.74. The van der Waals surface area contributed by atoms with E-state index in [4.69, 9.17) is 29.5 Å². The van der Waals surface area contributed by atoms with E-state index in [-0.39, 0.29) is 17.8 Å². The van der Waals surface area contributed by atoms with Crippen LogP contribution in [0.2, 0.25) is 0 Å². The molecule has 1 rings (SSSR count). The van der Waals surface area contributed by atoms with Crippen molar-refractivity contribution in [2.24, 2.45) is 0 Å². The molecule has 1 aromatic rings. The van der Waals surface area contributed by atoms with Crippen molar-refractivity contribution in [1.29, 1.82) is 0 Å². The molecule has 33 heavy (non-hydrogen) atoms. The first-order chi connectivity index (χ1) is 15.5. The van der Waals surface area contributed by atoms with Gasteiger partial charge in [0.25, 0.3) is 0 Å². The summed E-state index contributed by atoms with van der Waals surface area (Å²) in [6.45, 7) is -3.57. The van der Waals surface area contributed by atoms with Crippen LogP contribution in [0.5, 0.6) is 0 Å². The first kappa shape index (κ1) is 28.2. The Labute approximate surface area is 186 Å². The van der Waals surface area contributed by atoms with Crippen molar-refractivity contribution in [3.8, 4) is 0 Å². The van der Waals surface area contributed by atoms with Gasteiger partial charge in [-0.25, -0.2) is 14.4 Å².